The van der Waals surface area contributed by atoms with Gasteiger partial charge in [-0.1, -0.05) is 67.1 Å². The van der Waals surface area contributed by atoms with Crippen LogP contribution in [0.1, 0.15) is 41.3 Å². The van der Waals surface area contributed by atoms with E-state index in [-0.39, 0.29) is 17.7 Å². The van der Waals surface area contributed by atoms with Crippen LogP contribution in [0, 0.1) is 0 Å². The van der Waals surface area contributed by atoms with E-state index in [1.807, 2.05) is 60.7 Å². The topological polar surface area (TPSA) is 52.6 Å². The zero-order valence-electron chi connectivity index (χ0n) is 17.4. The van der Waals surface area contributed by atoms with E-state index >= 15 is 0 Å². The summed E-state index contributed by atoms with van der Waals surface area (Å²) in [4.78, 5) is 15.3. The fourth-order valence-electron chi connectivity index (χ4n) is 5.20. The van der Waals surface area contributed by atoms with Gasteiger partial charge in [0.25, 0.3) is 0 Å². The Hall–Kier alpha value is -2.82. The van der Waals surface area contributed by atoms with Gasteiger partial charge in [0.2, 0.25) is 0 Å². The summed E-state index contributed by atoms with van der Waals surface area (Å²) >= 11 is 6.37. The van der Waals surface area contributed by atoms with Crippen molar-refractivity contribution in [1.82, 2.24) is 0 Å². The van der Waals surface area contributed by atoms with Crippen LogP contribution in [0.4, 0.5) is 11.4 Å². The van der Waals surface area contributed by atoms with Gasteiger partial charge < -0.3 is 15.3 Å². The van der Waals surface area contributed by atoms with E-state index in [0.717, 1.165) is 35.5 Å². The van der Waals surface area contributed by atoms with Gasteiger partial charge in [-0.3, -0.25) is 4.79 Å². The summed E-state index contributed by atoms with van der Waals surface area (Å²) in [6.07, 6.45) is 0.880. The first-order valence-electron chi connectivity index (χ1n) is 10.7. The smallest absolute Gasteiger partial charge is 0.166 e. The van der Waals surface area contributed by atoms with E-state index in [9.17, 15) is 9.90 Å². The number of β-amino-alcohol motifs (C(OH)–C–C–N with tert-alkyl or cyclic N) is 1. The summed E-state index contributed by atoms with van der Waals surface area (Å²) < 4.78 is 0. The van der Waals surface area contributed by atoms with Crippen LogP contribution in [-0.4, -0.2) is 24.0 Å². The number of Topliss-reactive ketones (excluding diaryl/α,β-unsaturated/α-hetero) is 1. The predicted molar refractivity (Wildman–Crippen MR) is 125 cm³/mol. The molecule has 0 saturated carbocycles. The second kappa shape index (κ2) is 7.40. The van der Waals surface area contributed by atoms with Crippen molar-refractivity contribution in [2.75, 3.05) is 23.3 Å². The van der Waals surface area contributed by atoms with Crippen LogP contribution in [0.25, 0.3) is 0 Å². The maximum atomic E-state index is 13.0. The largest absolute Gasteiger partial charge is 0.383 e. The lowest BCUT2D eigenvalue weighted by atomic mass is 9.86. The average Bonchev–Trinajstić information content (AvgIpc) is 3.30. The van der Waals surface area contributed by atoms with Crippen LogP contribution >= 0.6 is 11.6 Å². The Bertz CT molecular complexity index is 1150. The number of carbonyl (C=O) groups excluding carboxylic acids is 1. The third-order valence-corrected chi connectivity index (χ3v) is 7.06. The maximum Gasteiger partial charge on any atom is 0.166 e. The number of carbonyl (C=O) groups is 1. The van der Waals surface area contributed by atoms with Gasteiger partial charge in [0.1, 0.15) is 5.60 Å². The molecule has 0 aromatic heterocycles. The molecule has 2 aliphatic rings. The summed E-state index contributed by atoms with van der Waals surface area (Å²) in [5, 5.41) is 16.0. The van der Waals surface area contributed by atoms with Crippen molar-refractivity contribution in [2.24, 2.45) is 0 Å². The van der Waals surface area contributed by atoms with Crippen molar-refractivity contribution in [1.29, 1.82) is 0 Å². The minimum Gasteiger partial charge on any atom is -0.383 e. The highest BCUT2D eigenvalue weighted by molar-refractivity contribution is 6.30. The molecule has 0 aliphatic carbocycles. The van der Waals surface area contributed by atoms with Gasteiger partial charge in [-0.2, -0.15) is 0 Å². The highest BCUT2D eigenvalue weighted by Gasteiger charge is 2.52. The Morgan fingerprint density at radius 2 is 1.81 bits per heavy atom. The molecule has 0 saturated heterocycles. The second-order valence-corrected chi connectivity index (χ2v) is 8.97. The number of hydrogen-bond donors (Lipinski definition) is 2. The monoisotopic (exact) mass is 432 g/mol. The van der Waals surface area contributed by atoms with Crippen LogP contribution in [-0.2, 0) is 11.1 Å². The van der Waals surface area contributed by atoms with E-state index in [1.165, 1.54) is 0 Å². The quantitative estimate of drug-likeness (QED) is 0.533. The van der Waals surface area contributed by atoms with Crippen LogP contribution in [0.2, 0.25) is 5.02 Å². The van der Waals surface area contributed by atoms with Crippen LogP contribution in [0.3, 0.4) is 0 Å². The van der Waals surface area contributed by atoms with Crippen molar-refractivity contribution in [3.63, 3.8) is 0 Å². The van der Waals surface area contributed by atoms with Crippen molar-refractivity contribution in [3.8, 4) is 0 Å². The normalized spacial score (nSPS) is 23.9. The predicted octanol–water partition coefficient (Wildman–Crippen LogP) is 5.35. The van der Waals surface area contributed by atoms with Gasteiger partial charge in [0, 0.05) is 46.1 Å². The highest BCUT2D eigenvalue weighted by atomic mass is 35.5. The lowest BCUT2D eigenvalue weighted by Gasteiger charge is -2.41. The Morgan fingerprint density at radius 1 is 1.06 bits per heavy atom. The van der Waals surface area contributed by atoms with Gasteiger partial charge in [0.05, 0.1) is 12.1 Å². The third-order valence-electron chi connectivity index (χ3n) is 6.82. The summed E-state index contributed by atoms with van der Waals surface area (Å²) in [5.41, 5.74) is 3.00. The molecule has 4 nitrogen and oxygen atoms in total. The molecule has 31 heavy (non-hydrogen) atoms. The molecule has 2 unspecified atom stereocenters. The molecule has 2 atom stereocenters. The molecule has 0 amide bonds. The fourth-order valence-corrected chi connectivity index (χ4v) is 5.37. The first-order valence-corrected chi connectivity index (χ1v) is 11.1. The molecule has 0 bridgehead atoms. The van der Waals surface area contributed by atoms with Gasteiger partial charge >= 0.3 is 0 Å². The number of halogens is 1. The average molecular weight is 433 g/mol. The molecule has 3 aromatic carbocycles. The van der Waals surface area contributed by atoms with Gasteiger partial charge in [-0.15, -0.1) is 0 Å². The number of aliphatic hydroxyl groups is 1. The van der Waals surface area contributed by atoms with Crippen molar-refractivity contribution in [3.05, 3.63) is 94.5 Å². The Balaban J connectivity index is 1.57. The van der Waals surface area contributed by atoms with E-state index in [2.05, 4.69) is 17.1 Å². The summed E-state index contributed by atoms with van der Waals surface area (Å²) in [7, 11) is 0. The molecule has 0 radical (unpaired) electrons. The first-order chi connectivity index (χ1) is 15.0. The molecule has 0 fully saturated rings. The van der Waals surface area contributed by atoms with E-state index in [4.69, 9.17) is 11.6 Å². The van der Waals surface area contributed by atoms with Gasteiger partial charge in [-0.05, 0) is 30.7 Å². The molecular weight excluding hydrogens is 408 g/mol. The third kappa shape index (κ3) is 3.13. The van der Waals surface area contributed by atoms with E-state index in [0.29, 0.717) is 17.1 Å². The number of nitrogens with one attached hydrogen (secondary N) is 1. The molecular formula is C26H25ClN2O2. The van der Waals surface area contributed by atoms with E-state index < -0.39 is 5.60 Å². The molecule has 5 heteroatoms. The molecule has 158 valence electrons. The van der Waals surface area contributed by atoms with Crippen molar-refractivity contribution < 1.29 is 9.90 Å². The zero-order valence-corrected chi connectivity index (χ0v) is 18.2. The number of para-hydroxylation sites is 1. The molecule has 2 aliphatic heterocycles. The van der Waals surface area contributed by atoms with Crippen LogP contribution < -0.4 is 10.2 Å². The zero-order chi connectivity index (χ0) is 21.6. The van der Waals surface area contributed by atoms with Crippen LogP contribution in [0.15, 0.2) is 72.8 Å². The number of nitrogens with zero attached hydrogens (tertiary/aromatic N) is 1. The Kier molecular flexibility index (Phi) is 4.80. The van der Waals surface area contributed by atoms with Gasteiger partial charge in [-0.25, -0.2) is 0 Å². The minimum atomic E-state index is -1.26. The number of fused-ring (bicyclic) bond motifs is 2. The number of hydrogen-bond acceptors (Lipinski definition) is 4. The molecule has 5 rings (SSSR count). The Morgan fingerprint density at radius 3 is 2.58 bits per heavy atom. The summed E-state index contributed by atoms with van der Waals surface area (Å²) in [6.45, 7) is 3.23. The van der Waals surface area contributed by atoms with Crippen LogP contribution in [0.5, 0.6) is 0 Å². The fraction of sp³-hybridized carbons (Fsp3) is 0.269. The van der Waals surface area contributed by atoms with E-state index in [1.54, 1.807) is 12.1 Å². The van der Waals surface area contributed by atoms with Gasteiger partial charge in [0.15, 0.2) is 5.78 Å². The number of rotatable bonds is 5. The molecule has 3 aromatic rings. The molecule has 2 heterocycles. The summed E-state index contributed by atoms with van der Waals surface area (Å²) in [6, 6.07) is 23.0. The number of benzene rings is 3. The second-order valence-electron chi connectivity index (χ2n) is 8.53. The summed E-state index contributed by atoms with van der Waals surface area (Å²) in [5.74, 6) is -0.0571. The first kappa shape index (κ1) is 20.1. The molecule has 0 spiro atoms. The number of anilines is 2. The molecule has 2 N–H and O–H groups in total. The maximum absolute atomic E-state index is 13.0. The standard InChI is InChI=1S/C26H25ClN2O2/c1-2-25(16-28-22-13-12-19(27)14-21(22)25)29-17-26(31,20-10-6-7-11-23(20)29)15-24(30)18-8-4-3-5-9-18/h3-14,28,31H,2,15-17H2,1H3. The van der Waals surface area contributed by atoms with Crippen molar-refractivity contribution in [2.45, 2.75) is 30.9 Å². The minimum absolute atomic E-state index is 0.0418. The lowest BCUT2D eigenvalue weighted by Crippen LogP contribution is -2.49. The highest BCUT2D eigenvalue weighted by Crippen LogP contribution is 2.52. The SMILES string of the molecule is CCC1(N2CC(O)(CC(=O)c3ccccc3)c3ccccc32)CNc2ccc(Cl)cc21. The lowest BCUT2D eigenvalue weighted by molar-refractivity contribution is 0.0378. The number of ketones is 1. The van der Waals surface area contributed by atoms with Crippen molar-refractivity contribution >= 4 is 28.8 Å². The Labute approximate surface area is 187 Å².